The van der Waals surface area contributed by atoms with Gasteiger partial charge in [0.2, 0.25) is 5.95 Å². The molecule has 0 bridgehead atoms. The number of carbonyl (C=O) groups excluding carboxylic acids is 1. The standard InChI is InChI=1S/C23H25FN4O2/c1-5-20(29)18-11-17(22(24)21(12-18)30-4)7-6-16-13-25-23(26-14-16)27-19-8-9-28(3)15(2)10-19/h8-14H,5-7H2,1-4H3/p+1. The second kappa shape index (κ2) is 9.43. The molecule has 0 saturated carbocycles. The molecule has 0 aliphatic carbocycles. The number of nitrogens with one attached hydrogen (secondary N) is 1. The fourth-order valence-corrected chi connectivity index (χ4v) is 3.07. The predicted molar refractivity (Wildman–Crippen MR) is 113 cm³/mol. The Morgan fingerprint density at radius 1 is 1.20 bits per heavy atom. The van der Waals surface area contributed by atoms with E-state index in [0.29, 0.717) is 36.3 Å². The smallest absolute Gasteiger partial charge is 0.227 e. The number of anilines is 2. The van der Waals surface area contributed by atoms with Gasteiger partial charge in [-0.3, -0.25) is 4.79 Å². The van der Waals surface area contributed by atoms with E-state index in [-0.39, 0.29) is 11.5 Å². The van der Waals surface area contributed by atoms with Crippen LogP contribution in [-0.4, -0.2) is 22.9 Å². The van der Waals surface area contributed by atoms with Gasteiger partial charge < -0.3 is 10.1 Å². The van der Waals surface area contributed by atoms with Crippen LogP contribution in [0.15, 0.2) is 42.9 Å². The summed E-state index contributed by atoms with van der Waals surface area (Å²) < 4.78 is 21.7. The molecule has 156 valence electrons. The minimum absolute atomic E-state index is 0.0435. The maximum Gasteiger partial charge on any atom is 0.227 e. The first-order chi connectivity index (χ1) is 14.4. The molecule has 0 unspecified atom stereocenters. The molecule has 1 aromatic carbocycles. The van der Waals surface area contributed by atoms with E-state index in [2.05, 4.69) is 15.3 Å². The normalized spacial score (nSPS) is 10.7. The summed E-state index contributed by atoms with van der Waals surface area (Å²) in [5.74, 6) is 0.108. The number of rotatable bonds is 8. The summed E-state index contributed by atoms with van der Waals surface area (Å²) in [7, 11) is 3.38. The Kier molecular flexibility index (Phi) is 6.72. The molecule has 0 amide bonds. The van der Waals surface area contributed by atoms with E-state index in [4.69, 9.17) is 4.74 Å². The van der Waals surface area contributed by atoms with Crippen LogP contribution in [0.1, 0.15) is 40.5 Å². The van der Waals surface area contributed by atoms with Gasteiger partial charge in [-0.15, -0.1) is 0 Å². The van der Waals surface area contributed by atoms with Crippen molar-refractivity contribution in [2.75, 3.05) is 12.4 Å². The van der Waals surface area contributed by atoms with Crippen molar-refractivity contribution in [2.24, 2.45) is 7.05 Å². The minimum atomic E-state index is -0.433. The Morgan fingerprint density at radius 2 is 1.93 bits per heavy atom. The Bertz CT molecular complexity index is 1050. The second-order valence-corrected chi connectivity index (χ2v) is 7.14. The molecule has 2 heterocycles. The van der Waals surface area contributed by atoms with Gasteiger partial charge in [-0.2, -0.15) is 0 Å². The highest BCUT2D eigenvalue weighted by Crippen LogP contribution is 2.25. The Labute approximate surface area is 175 Å². The summed E-state index contributed by atoms with van der Waals surface area (Å²) in [6.45, 7) is 3.80. The molecule has 0 radical (unpaired) electrons. The van der Waals surface area contributed by atoms with Crippen LogP contribution >= 0.6 is 0 Å². The Morgan fingerprint density at radius 3 is 2.57 bits per heavy atom. The fraction of sp³-hybridized carbons (Fsp3) is 0.304. The Balaban J connectivity index is 1.70. The van der Waals surface area contributed by atoms with E-state index in [1.165, 1.54) is 13.2 Å². The summed E-state index contributed by atoms with van der Waals surface area (Å²) >= 11 is 0. The number of aromatic nitrogens is 3. The predicted octanol–water partition coefficient (Wildman–Crippen LogP) is 3.88. The molecule has 7 heteroatoms. The van der Waals surface area contributed by atoms with E-state index in [0.717, 1.165) is 16.9 Å². The quantitative estimate of drug-likeness (QED) is 0.452. The summed E-state index contributed by atoms with van der Waals surface area (Å²) in [6.07, 6.45) is 6.73. The van der Waals surface area contributed by atoms with Gasteiger partial charge in [-0.1, -0.05) is 6.92 Å². The monoisotopic (exact) mass is 409 g/mol. The molecule has 3 rings (SSSR count). The number of Topliss-reactive ketones (excluding diaryl/α,β-unsaturated/α-hetero) is 1. The van der Waals surface area contributed by atoms with Crippen LogP contribution in [0.3, 0.4) is 0 Å². The summed E-state index contributed by atoms with van der Waals surface area (Å²) in [5, 5.41) is 3.17. The van der Waals surface area contributed by atoms with Gasteiger partial charge >= 0.3 is 0 Å². The number of halogens is 1. The number of carbonyl (C=O) groups is 1. The molecular weight excluding hydrogens is 383 g/mol. The topological polar surface area (TPSA) is 68.0 Å². The van der Waals surface area contributed by atoms with Crippen LogP contribution in [0.2, 0.25) is 0 Å². The molecule has 6 nitrogen and oxygen atoms in total. The average Bonchev–Trinajstić information content (AvgIpc) is 2.76. The number of nitrogens with zero attached hydrogens (tertiary/aromatic N) is 3. The lowest BCUT2D eigenvalue weighted by Gasteiger charge is -2.11. The first kappa shape index (κ1) is 21.4. The second-order valence-electron chi connectivity index (χ2n) is 7.14. The first-order valence-corrected chi connectivity index (χ1v) is 9.85. The minimum Gasteiger partial charge on any atom is -0.494 e. The molecule has 0 atom stereocenters. The first-order valence-electron chi connectivity index (χ1n) is 9.85. The van der Waals surface area contributed by atoms with E-state index in [9.17, 15) is 9.18 Å². The number of hydrogen-bond donors (Lipinski definition) is 1. The van der Waals surface area contributed by atoms with Crippen molar-refractivity contribution in [1.29, 1.82) is 0 Å². The lowest BCUT2D eigenvalue weighted by Crippen LogP contribution is -2.30. The number of hydrogen-bond acceptors (Lipinski definition) is 5. The fourth-order valence-electron chi connectivity index (χ4n) is 3.07. The number of pyridine rings is 1. The molecule has 0 spiro atoms. The van der Waals surface area contributed by atoms with Crippen molar-refractivity contribution < 1.29 is 18.5 Å². The number of aryl methyl sites for hydroxylation is 4. The van der Waals surface area contributed by atoms with Crippen molar-refractivity contribution >= 4 is 17.4 Å². The lowest BCUT2D eigenvalue weighted by molar-refractivity contribution is -0.677. The zero-order valence-electron chi connectivity index (χ0n) is 17.7. The van der Waals surface area contributed by atoms with Crippen LogP contribution in [0.4, 0.5) is 16.0 Å². The van der Waals surface area contributed by atoms with Crippen molar-refractivity contribution in [3.8, 4) is 5.75 Å². The van der Waals surface area contributed by atoms with Crippen LogP contribution in [0, 0.1) is 12.7 Å². The van der Waals surface area contributed by atoms with Gasteiger partial charge in [0, 0.05) is 43.4 Å². The molecular formula is C23H26FN4O2+. The average molecular weight is 409 g/mol. The molecule has 0 saturated heterocycles. The largest absolute Gasteiger partial charge is 0.494 e. The lowest BCUT2D eigenvalue weighted by atomic mass is 10.00. The zero-order chi connectivity index (χ0) is 21.7. The maximum absolute atomic E-state index is 14.6. The van der Waals surface area contributed by atoms with Crippen molar-refractivity contribution in [3.63, 3.8) is 0 Å². The summed E-state index contributed by atoms with van der Waals surface area (Å²) in [5.41, 5.74) is 3.80. The van der Waals surface area contributed by atoms with Gasteiger partial charge in [0.1, 0.15) is 7.05 Å². The van der Waals surface area contributed by atoms with Crippen molar-refractivity contribution in [3.05, 3.63) is 71.1 Å². The van der Waals surface area contributed by atoms with Crippen molar-refractivity contribution in [2.45, 2.75) is 33.1 Å². The number of benzene rings is 1. The molecule has 1 N–H and O–H groups in total. The molecule has 30 heavy (non-hydrogen) atoms. The Hall–Kier alpha value is -3.35. The van der Waals surface area contributed by atoms with Gasteiger partial charge in [0.25, 0.3) is 0 Å². The SMILES string of the molecule is CCC(=O)c1cc(CCc2cnc(Nc3cc[n+](C)c(C)c3)nc2)c(F)c(OC)c1. The van der Waals surface area contributed by atoms with E-state index < -0.39 is 5.82 Å². The third kappa shape index (κ3) is 4.97. The van der Waals surface area contributed by atoms with E-state index >= 15 is 0 Å². The number of ether oxygens (including phenoxy) is 1. The number of ketones is 1. The van der Waals surface area contributed by atoms with E-state index in [1.54, 1.807) is 25.4 Å². The van der Waals surface area contributed by atoms with E-state index in [1.807, 2.05) is 36.9 Å². The zero-order valence-corrected chi connectivity index (χ0v) is 17.7. The molecule has 0 aliphatic heterocycles. The van der Waals surface area contributed by atoms with Gasteiger partial charge in [0.15, 0.2) is 29.2 Å². The van der Waals surface area contributed by atoms with Gasteiger partial charge in [-0.05, 0) is 36.1 Å². The molecule has 2 aromatic heterocycles. The van der Waals surface area contributed by atoms with Crippen LogP contribution < -0.4 is 14.6 Å². The summed E-state index contributed by atoms with van der Waals surface area (Å²) in [4.78, 5) is 20.7. The third-order valence-corrected chi connectivity index (χ3v) is 5.02. The van der Waals surface area contributed by atoms with Crippen molar-refractivity contribution in [1.82, 2.24) is 9.97 Å². The molecule has 0 aliphatic rings. The van der Waals surface area contributed by atoms with Gasteiger partial charge in [-0.25, -0.2) is 18.9 Å². The highest BCUT2D eigenvalue weighted by molar-refractivity contribution is 5.96. The van der Waals surface area contributed by atoms with Crippen LogP contribution in [0.25, 0.3) is 0 Å². The molecule has 3 aromatic rings. The van der Waals surface area contributed by atoms with Crippen LogP contribution in [-0.2, 0) is 19.9 Å². The highest BCUT2D eigenvalue weighted by Gasteiger charge is 2.15. The number of methoxy groups -OCH3 is 1. The highest BCUT2D eigenvalue weighted by atomic mass is 19.1. The van der Waals surface area contributed by atoms with Crippen LogP contribution in [0.5, 0.6) is 5.75 Å². The third-order valence-electron chi connectivity index (χ3n) is 5.02. The molecule has 0 fully saturated rings. The van der Waals surface area contributed by atoms with Gasteiger partial charge in [0.05, 0.1) is 12.8 Å². The maximum atomic E-state index is 14.6. The summed E-state index contributed by atoms with van der Waals surface area (Å²) in [6, 6.07) is 7.03.